The average Bonchev–Trinajstić information content (AvgIpc) is 2.53. The van der Waals surface area contributed by atoms with E-state index in [0.717, 1.165) is 6.61 Å². The summed E-state index contributed by atoms with van der Waals surface area (Å²) in [5.41, 5.74) is 0. The second-order valence-electron chi connectivity index (χ2n) is 4.44. The molecule has 1 saturated heterocycles. The molecule has 14 heavy (non-hydrogen) atoms. The highest BCUT2D eigenvalue weighted by Crippen LogP contribution is 2.23. The van der Waals surface area contributed by atoms with Crippen LogP contribution in [0.5, 0.6) is 0 Å². The van der Waals surface area contributed by atoms with Crippen LogP contribution in [-0.4, -0.2) is 24.8 Å². The third-order valence-electron chi connectivity index (χ3n) is 3.14. The summed E-state index contributed by atoms with van der Waals surface area (Å²) >= 11 is 0. The molecule has 2 heteroatoms. The van der Waals surface area contributed by atoms with Gasteiger partial charge in [0.1, 0.15) is 0 Å². The van der Waals surface area contributed by atoms with E-state index in [-0.39, 0.29) is 0 Å². The van der Waals surface area contributed by atoms with Gasteiger partial charge in [0.05, 0.1) is 6.10 Å². The van der Waals surface area contributed by atoms with E-state index in [2.05, 4.69) is 24.4 Å². The number of nitrogens with one attached hydrogen (secondary N) is 1. The van der Waals surface area contributed by atoms with Gasteiger partial charge in [-0.25, -0.2) is 0 Å². The first-order valence-electron chi connectivity index (χ1n) is 5.94. The topological polar surface area (TPSA) is 21.3 Å². The van der Waals surface area contributed by atoms with Crippen molar-refractivity contribution in [2.24, 2.45) is 0 Å². The third kappa shape index (κ3) is 2.58. The Hall–Kier alpha value is -0.340. The number of unbranched alkanes of at least 4 members (excludes halogenated alkanes) is 2. The number of fused-ring (bicyclic) bond motifs is 2. The van der Waals surface area contributed by atoms with Gasteiger partial charge in [-0.1, -0.05) is 31.9 Å². The lowest BCUT2D eigenvalue weighted by Gasteiger charge is -2.29. The molecular formula is C12H21NO. The van der Waals surface area contributed by atoms with Crippen molar-refractivity contribution in [3.63, 3.8) is 0 Å². The molecule has 0 aromatic heterocycles. The van der Waals surface area contributed by atoms with Crippen LogP contribution in [0, 0.1) is 0 Å². The molecule has 80 valence electrons. The zero-order chi connectivity index (χ0) is 9.80. The van der Waals surface area contributed by atoms with Crippen molar-refractivity contribution in [1.82, 2.24) is 5.32 Å². The molecule has 2 nitrogen and oxygen atoms in total. The fourth-order valence-electron chi connectivity index (χ4n) is 2.35. The Bertz CT molecular complexity index is 188. The van der Waals surface area contributed by atoms with Crippen LogP contribution in [0.4, 0.5) is 0 Å². The summed E-state index contributed by atoms with van der Waals surface area (Å²) in [6.07, 6.45) is 11.2. The van der Waals surface area contributed by atoms with Crippen molar-refractivity contribution in [3.8, 4) is 0 Å². The minimum absolute atomic E-state index is 0.498. The SMILES string of the molecule is CCCCCOC1CC2C=CC(C1)N2. The molecule has 1 N–H and O–H groups in total. The van der Waals surface area contributed by atoms with Crippen LogP contribution in [0.15, 0.2) is 12.2 Å². The largest absolute Gasteiger partial charge is 0.378 e. The molecule has 2 unspecified atom stereocenters. The van der Waals surface area contributed by atoms with Crippen molar-refractivity contribution in [1.29, 1.82) is 0 Å². The number of rotatable bonds is 5. The van der Waals surface area contributed by atoms with Gasteiger partial charge in [0.25, 0.3) is 0 Å². The summed E-state index contributed by atoms with van der Waals surface area (Å²) in [6.45, 7) is 3.19. The summed E-state index contributed by atoms with van der Waals surface area (Å²) < 4.78 is 5.89. The van der Waals surface area contributed by atoms with Gasteiger partial charge in [0.2, 0.25) is 0 Å². The van der Waals surface area contributed by atoms with Crippen molar-refractivity contribution in [3.05, 3.63) is 12.2 Å². The van der Waals surface area contributed by atoms with Gasteiger partial charge in [-0.3, -0.25) is 0 Å². The molecule has 0 spiro atoms. The molecule has 0 amide bonds. The molecule has 2 aliphatic rings. The second-order valence-corrected chi connectivity index (χ2v) is 4.44. The van der Waals surface area contributed by atoms with Gasteiger partial charge in [-0.2, -0.15) is 0 Å². The molecule has 2 aliphatic heterocycles. The van der Waals surface area contributed by atoms with Crippen LogP contribution >= 0.6 is 0 Å². The monoisotopic (exact) mass is 195 g/mol. The number of piperidine rings is 1. The molecule has 1 fully saturated rings. The summed E-state index contributed by atoms with van der Waals surface area (Å²) in [6, 6.07) is 1.18. The molecule has 0 saturated carbocycles. The van der Waals surface area contributed by atoms with Gasteiger partial charge in [-0.05, 0) is 19.3 Å². The highest BCUT2D eigenvalue weighted by molar-refractivity contribution is 5.13. The maximum Gasteiger partial charge on any atom is 0.0611 e. The highest BCUT2D eigenvalue weighted by atomic mass is 16.5. The van der Waals surface area contributed by atoms with Crippen molar-refractivity contribution in [2.45, 2.75) is 57.2 Å². The lowest BCUT2D eigenvalue weighted by atomic mass is 10.0. The first kappa shape index (κ1) is 10.2. The Morgan fingerprint density at radius 2 is 1.93 bits per heavy atom. The minimum atomic E-state index is 0.498. The van der Waals surface area contributed by atoms with Gasteiger partial charge in [0, 0.05) is 18.7 Å². The first-order valence-corrected chi connectivity index (χ1v) is 5.94. The Labute approximate surface area is 86.7 Å². The lowest BCUT2D eigenvalue weighted by Crippen LogP contribution is -2.42. The quantitative estimate of drug-likeness (QED) is 0.536. The van der Waals surface area contributed by atoms with Crippen LogP contribution in [0.2, 0.25) is 0 Å². The summed E-state index contributed by atoms with van der Waals surface area (Å²) in [5, 5.41) is 3.53. The van der Waals surface area contributed by atoms with Gasteiger partial charge >= 0.3 is 0 Å². The fourth-order valence-corrected chi connectivity index (χ4v) is 2.35. The minimum Gasteiger partial charge on any atom is -0.378 e. The van der Waals surface area contributed by atoms with Crippen LogP contribution in [0.3, 0.4) is 0 Å². The summed E-state index contributed by atoms with van der Waals surface area (Å²) in [4.78, 5) is 0. The van der Waals surface area contributed by atoms with E-state index in [9.17, 15) is 0 Å². The van der Waals surface area contributed by atoms with E-state index in [0.29, 0.717) is 18.2 Å². The van der Waals surface area contributed by atoms with Crippen molar-refractivity contribution < 1.29 is 4.74 Å². The molecule has 2 rings (SSSR count). The fraction of sp³-hybridized carbons (Fsp3) is 0.833. The highest BCUT2D eigenvalue weighted by Gasteiger charge is 2.29. The average molecular weight is 195 g/mol. The smallest absolute Gasteiger partial charge is 0.0611 e. The van der Waals surface area contributed by atoms with E-state index >= 15 is 0 Å². The molecule has 0 aliphatic carbocycles. The van der Waals surface area contributed by atoms with Crippen LogP contribution in [0.1, 0.15) is 39.0 Å². The summed E-state index contributed by atoms with van der Waals surface area (Å²) in [7, 11) is 0. The van der Waals surface area contributed by atoms with E-state index in [1.807, 2.05) is 0 Å². The third-order valence-corrected chi connectivity index (χ3v) is 3.14. The molecule has 0 aromatic rings. The Balaban J connectivity index is 1.63. The summed E-state index contributed by atoms with van der Waals surface area (Å²) in [5.74, 6) is 0. The van der Waals surface area contributed by atoms with E-state index in [1.54, 1.807) is 0 Å². The predicted octanol–water partition coefficient (Wildman–Crippen LogP) is 2.25. The Kier molecular flexibility index (Phi) is 3.60. The lowest BCUT2D eigenvalue weighted by molar-refractivity contribution is 0.0208. The number of ether oxygens (including phenoxy) is 1. The number of hydrogen-bond donors (Lipinski definition) is 1. The molecule has 2 atom stereocenters. The standard InChI is InChI=1S/C12H21NO/c1-2-3-4-7-14-12-8-10-5-6-11(9-12)13-10/h5-6,10-13H,2-4,7-9H2,1H3. The van der Waals surface area contributed by atoms with Crippen molar-refractivity contribution >= 4 is 0 Å². The zero-order valence-electron chi connectivity index (χ0n) is 9.04. The van der Waals surface area contributed by atoms with Gasteiger partial charge in [-0.15, -0.1) is 0 Å². The van der Waals surface area contributed by atoms with E-state index < -0.39 is 0 Å². The first-order chi connectivity index (χ1) is 6.88. The van der Waals surface area contributed by atoms with Crippen molar-refractivity contribution in [2.75, 3.05) is 6.61 Å². The molecule has 2 heterocycles. The zero-order valence-corrected chi connectivity index (χ0v) is 9.04. The maximum absolute atomic E-state index is 5.89. The second kappa shape index (κ2) is 4.94. The van der Waals surface area contributed by atoms with Crippen LogP contribution < -0.4 is 5.32 Å². The molecule has 0 aromatic carbocycles. The molecule has 0 radical (unpaired) electrons. The Morgan fingerprint density at radius 3 is 2.57 bits per heavy atom. The van der Waals surface area contributed by atoms with Crippen LogP contribution in [0.25, 0.3) is 0 Å². The molecular weight excluding hydrogens is 174 g/mol. The van der Waals surface area contributed by atoms with E-state index in [1.165, 1.54) is 32.1 Å². The normalized spacial score (nSPS) is 35.1. The Morgan fingerprint density at radius 1 is 1.21 bits per heavy atom. The van der Waals surface area contributed by atoms with Gasteiger partial charge < -0.3 is 10.1 Å². The molecule has 2 bridgehead atoms. The predicted molar refractivity (Wildman–Crippen MR) is 58.4 cm³/mol. The number of hydrogen-bond acceptors (Lipinski definition) is 2. The van der Waals surface area contributed by atoms with Crippen LogP contribution in [-0.2, 0) is 4.74 Å². The van der Waals surface area contributed by atoms with Gasteiger partial charge in [0.15, 0.2) is 0 Å². The maximum atomic E-state index is 5.89. The van der Waals surface area contributed by atoms with E-state index in [4.69, 9.17) is 4.74 Å².